The molecule has 3 unspecified atom stereocenters. The molecule has 0 aromatic heterocycles. The molecule has 2 aliphatic rings. The van der Waals surface area contributed by atoms with Crippen LogP contribution in [0.5, 0.6) is 5.75 Å². The minimum atomic E-state index is -0.248. The highest BCUT2D eigenvalue weighted by Crippen LogP contribution is 2.41. The van der Waals surface area contributed by atoms with Crippen LogP contribution in [0.2, 0.25) is 0 Å². The van der Waals surface area contributed by atoms with Crippen molar-refractivity contribution in [3.63, 3.8) is 0 Å². The number of carbonyl (C=O) groups excluding carboxylic acids is 1. The number of hydrogen-bond donors (Lipinski definition) is 0. The van der Waals surface area contributed by atoms with Crippen molar-refractivity contribution in [2.75, 3.05) is 6.61 Å². The average molecular weight is 397 g/mol. The summed E-state index contributed by atoms with van der Waals surface area (Å²) in [6.45, 7) is -0.0181. The highest BCUT2D eigenvalue weighted by atomic mass is 32.2. The molecule has 2 aromatic carbocycles. The Hall–Kier alpha value is -1.94. The molecule has 0 heterocycles. The number of esters is 1. The van der Waals surface area contributed by atoms with E-state index < -0.39 is 0 Å². The smallest absolute Gasteiger partial charge is 0.344 e. The van der Waals surface area contributed by atoms with Crippen molar-refractivity contribution < 1.29 is 14.3 Å². The van der Waals surface area contributed by atoms with E-state index in [2.05, 4.69) is 12.1 Å². The van der Waals surface area contributed by atoms with Gasteiger partial charge in [-0.15, -0.1) is 0 Å². The van der Waals surface area contributed by atoms with E-state index in [1.807, 2.05) is 42.5 Å². The van der Waals surface area contributed by atoms with Gasteiger partial charge in [-0.2, -0.15) is 0 Å². The van der Waals surface area contributed by atoms with Gasteiger partial charge >= 0.3 is 5.97 Å². The van der Waals surface area contributed by atoms with Crippen LogP contribution in [0.3, 0.4) is 0 Å². The topological polar surface area (TPSA) is 35.5 Å². The van der Waals surface area contributed by atoms with Crippen LogP contribution in [0.1, 0.15) is 44.9 Å². The third kappa shape index (κ3) is 5.32. The zero-order valence-electron chi connectivity index (χ0n) is 16.2. The Bertz CT molecular complexity index is 759. The second-order valence-corrected chi connectivity index (χ2v) is 9.05. The van der Waals surface area contributed by atoms with Crippen molar-refractivity contribution in [1.29, 1.82) is 0 Å². The van der Waals surface area contributed by atoms with Gasteiger partial charge in [-0.1, -0.05) is 55.6 Å². The summed E-state index contributed by atoms with van der Waals surface area (Å²) < 4.78 is 11.3. The quantitative estimate of drug-likeness (QED) is 0.551. The molecule has 2 fully saturated rings. The van der Waals surface area contributed by atoms with Gasteiger partial charge in [0.15, 0.2) is 6.61 Å². The lowest BCUT2D eigenvalue weighted by molar-refractivity contribution is -0.154. The van der Waals surface area contributed by atoms with Crippen molar-refractivity contribution >= 4 is 17.7 Å². The lowest BCUT2D eigenvalue weighted by Gasteiger charge is -2.38. The van der Waals surface area contributed by atoms with Crippen LogP contribution in [0.4, 0.5) is 0 Å². The minimum absolute atomic E-state index is 0.0181. The average Bonchev–Trinajstić information content (AvgIpc) is 2.74. The predicted molar refractivity (Wildman–Crippen MR) is 112 cm³/mol. The highest BCUT2D eigenvalue weighted by molar-refractivity contribution is 7.99. The van der Waals surface area contributed by atoms with E-state index in [0.717, 1.165) is 29.6 Å². The van der Waals surface area contributed by atoms with Crippen LogP contribution in [-0.2, 0) is 9.53 Å². The first-order valence-electron chi connectivity index (χ1n) is 10.4. The Balaban J connectivity index is 1.21. The van der Waals surface area contributed by atoms with Crippen molar-refractivity contribution in [2.24, 2.45) is 11.8 Å². The first-order chi connectivity index (χ1) is 13.8. The molecule has 2 aromatic rings. The monoisotopic (exact) mass is 396 g/mol. The Morgan fingerprint density at radius 1 is 0.857 bits per heavy atom. The Kier molecular flexibility index (Phi) is 6.58. The van der Waals surface area contributed by atoms with Crippen molar-refractivity contribution in [2.45, 2.75) is 60.8 Å². The molecule has 0 spiro atoms. The first-order valence-corrected chi connectivity index (χ1v) is 11.2. The molecule has 0 N–H and O–H groups in total. The first kappa shape index (κ1) is 19.4. The van der Waals surface area contributed by atoms with E-state index in [9.17, 15) is 4.79 Å². The number of rotatable bonds is 6. The molecule has 0 amide bonds. The van der Waals surface area contributed by atoms with Crippen molar-refractivity contribution in [3.05, 3.63) is 54.6 Å². The molecule has 0 saturated heterocycles. The van der Waals surface area contributed by atoms with E-state index in [1.54, 1.807) is 11.8 Å². The molecular weight excluding hydrogens is 368 g/mol. The summed E-state index contributed by atoms with van der Waals surface area (Å²) in [5, 5.41) is 0. The summed E-state index contributed by atoms with van der Waals surface area (Å²) >= 11 is 1.71. The van der Waals surface area contributed by atoms with Gasteiger partial charge in [0.1, 0.15) is 11.9 Å². The number of benzene rings is 2. The van der Waals surface area contributed by atoms with Gasteiger partial charge in [0.2, 0.25) is 0 Å². The van der Waals surface area contributed by atoms with Gasteiger partial charge < -0.3 is 9.47 Å². The van der Waals surface area contributed by atoms with Gasteiger partial charge in [-0.05, 0) is 67.5 Å². The van der Waals surface area contributed by atoms with Crippen LogP contribution in [0.25, 0.3) is 0 Å². The molecule has 0 bridgehead atoms. The maximum absolute atomic E-state index is 12.2. The number of fused-ring (bicyclic) bond motifs is 1. The van der Waals surface area contributed by atoms with Crippen molar-refractivity contribution in [1.82, 2.24) is 0 Å². The summed E-state index contributed by atoms with van der Waals surface area (Å²) in [6.07, 6.45) is 8.74. The fraction of sp³-hybridized carbons (Fsp3) is 0.458. The molecule has 0 aliphatic heterocycles. The minimum Gasteiger partial charge on any atom is -0.482 e. The predicted octanol–water partition coefficient (Wildman–Crippen LogP) is 6.12. The second kappa shape index (κ2) is 9.51. The highest BCUT2D eigenvalue weighted by Gasteiger charge is 2.33. The molecular formula is C24H28O3S. The molecule has 148 valence electrons. The van der Waals surface area contributed by atoms with Gasteiger partial charge in [0, 0.05) is 9.79 Å². The molecule has 2 aliphatic carbocycles. The van der Waals surface area contributed by atoms with Crippen molar-refractivity contribution in [3.8, 4) is 5.75 Å². The molecule has 4 heteroatoms. The van der Waals surface area contributed by atoms with Gasteiger partial charge in [0.05, 0.1) is 0 Å². The summed E-state index contributed by atoms with van der Waals surface area (Å²) in [6, 6.07) is 18.1. The maximum atomic E-state index is 12.2. The summed E-state index contributed by atoms with van der Waals surface area (Å²) in [7, 11) is 0. The third-order valence-electron chi connectivity index (χ3n) is 5.95. The zero-order chi connectivity index (χ0) is 19.2. The number of ether oxygens (including phenoxy) is 2. The van der Waals surface area contributed by atoms with E-state index in [1.165, 1.54) is 37.0 Å². The van der Waals surface area contributed by atoms with Crippen LogP contribution < -0.4 is 4.74 Å². The lowest BCUT2D eigenvalue weighted by Crippen LogP contribution is -2.34. The Morgan fingerprint density at radius 3 is 2.36 bits per heavy atom. The molecule has 3 atom stereocenters. The Morgan fingerprint density at radius 2 is 1.57 bits per heavy atom. The number of carbonyl (C=O) groups is 1. The van der Waals surface area contributed by atoms with Gasteiger partial charge in [0.25, 0.3) is 0 Å². The van der Waals surface area contributed by atoms with Gasteiger partial charge in [-0.25, -0.2) is 4.79 Å². The molecule has 0 radical (unpaired) electrons. The maximum Gasteiger partial charge on any atom is 0.344 e. The molecule has 2 saturated carbocycles. The van der Waals surface area contributed by atoms with Crippen LogP contribution in [0.15, 0.2) is 64.4 Å². The van der Waals surface area contributed by atoms with E-state index in [4.69, 9.17) is 9.47 Å². The van der Waals surface area contributed by atoms with Gasteiger partial charge in [-0.3, -0.25) is 0 Å². The van der Waals surface area contributed by atoms with Crippen LogP contribution >= 0.6 is 11.8 Å². The van der Waals surface area contributed by atoms with E-state index in [0.29, 0.717) is 5.75 Å². The second-order valence-electron chi connectivity index (χ2n) is 7.90. The lowest BCUT2D eigenvalue weighted by atomic mass is 9.70. The number of hydrogen-bond acceptors (Lipinski definition) is 4. The molecule has 4 rings (SSSR count). The van der Waals surface area contributed by atoms with Crippen LogP contribution in [0, 0.1) is 11.8 Å². The largest absolute Gasteiger partial charge is 0.482 e. The fourth-order valence-corrected chi connectivity index (χ4v) is 5.37. The summed E-state index contributed by atoms with van der Waals surface area (Å²) in [5.41, 5.74) is 0. The fourth-order valence-electron chi connectivity index (χ4n) is 4.53. The normalized spacial score (nSPS) is 24.2. The Labute approximate surface area is 171 Å². The summed E-state index contributed by atoms with van der Waals surface area (Å²) in [5.74, 6) is 2.08. The molecule has 3 nitrogen and oxygen atoms in total. The standard InChI is InChI=1S/C24H28O3S/c25-24(27-21-11-10-18-6-4-5-7-19(18)16-21)17-26-20-12-14-23(15-13-20)28-22-8-2-1-3-9-22/h1-3,8-9,12-15,18-19,21H,4-7,10-11,16-17H2. The zero-order valence-corrected chi connectivity index (χ0v) is 17.0. The van der Waals surface area contributed by atoms with E-state index >= 15 is 0 Å². The summed E-state index contributed by atoms with van der Waals surface area (Å²) in [4.78, 5) is 14.5. The molecule has 28 heavy (non-hydrogen) atoms. The third-order valence-corrected chi connectivity index (χ3v) is 6.96. The van der Waals surface area contributed by atoms with Crippen LogP contribution in [-0.4, -0.2) is 18.7 Å². The SMILES string of the molecule is O=C(COc1ccc(Sc2ccccc2)cc1)OC1CCC2CCCCC2C1. The van der Waals surface area contributed by atoms with E-state index in [-0.39, 0.29) is 18.7 Å².